The quantitative estimate of drug-likeness (QED) is 0.218. The Balaban J connectivity index is 2.28. The maximum atomic E-state index is 12.6. The first-order valence-corrected chi connectivity index (χ1v) is 8.75. The first-order valence-electron chi connectivity index (χ1n) is 8.75. The van der Waals surface area contributed by atoms with Crippen molar-refractivity contribution in [1.29, 1.82) is 0 Å². The summed E-state index contributed by atoms with van der Waals surface area (Å²) < 4.78 is 20.6. The Bertz CT molecular complexity index is 889. The third kappa shape index (κ3) is 6.12. The summed E-state index contributed by atoms with van der Waals surface area (Å²) in [6.07, 6.45) is -2.35. The maximum absolute atomic E-state index is 12.6. The van der Waals surface area contributed by atoms with Gasteiger partial charge in [0.05, 0.1) is 4.92 Å². The van der Waals surface area contributed by atoms with Gasteiger partial charge in [-0.3, -0.25) is 24.5 Å². The van der Waals surface area contributed by atoms with Crippen molar-refractivity contribution >= 4 is 29.6 Å². The number of rotatable bonds is 6. The second kappa shape index (κ2) is 9.63. The van der Waals surface area contributed by atoms with Crippen LogP contribution in [-0.4, -0.2) is 47.1 Å². The van der Waals surface area contributed by atoms with Crippen LogP contribution >= 0.6 is 0 Å². The molecule has 1 aromatic rings. The average molecular weight is 421 g/mol. The zero-order valence-corrected chi connectivity index (χ0v) is 16.4. The van der Waals surface area contributed by atoms with Crippen LogP contribution in [0.5, 0.6) is 5.75 Å². The zero-order valence-electron chi connectivity index (χ0n) is 16.4. The lowest BCUT2D eigenvalue weighted by Gasteiger charge is -2.34. The van der Waals surface area contributed by atoms with Gasteiger partial charge in [-0.25, -0.2) is 4.79 Å². The predicted molar refractivity (Wildman–Crippen MR) is 98.1 cm³/mol. The lowest BCUT2D eigenvalue weighted by atomic mass is 9.91. The van der Waals surface area contributed by atoms with E-state index in [1.807, 2.05) is 0 Å². The van der Waals surface area contributed by atoms with Gasteiger partial charge in [0, 0.05) is 44.9 Å². The highest BCUT2D eigenvalue weighted by Crippen LogP contribution is 2.28. The number of esters is 4. The molecule has 2 rings (SSSR count). The smallest absolute Gasteiger partial charge is 0.339 e. The number of ether oxygens (including phenoxy) is 4. The van der Waals surface area contributed by atoms with Gasteiger partial charge in [-0.1, -0.05) is 0 Å². The molecule has 0 aliphatic heterocycles. The monoisotopic (exact) mass is 421 g/mol. The van der Waals surface area contributed by atoms with Gasteiger partial charge in [0.25, 0.3) is 5.69 Å². The van der Waals surface area contributed by atoms with Gasteiger partial charge in [0.1, 0.15) is 11.9 Å². The molecule has 1 aromatic carbocycles. The van der Waals surface area contributed by atoms with Crippen molar-refractivity contribution in [2.45, 2.75) is 45.5 Å². The second-order valence-electron chi connectivity index (χ2n) is 6.33. The maximum Gasteiger partial charge on any atom is 0.339 e. The molecule has 0 spiro atoms. The summed E-state index contributed by atoms with van der Waals surface area (Å²) in [5, 5.41) is 10.7. The number of benzene rings is 1. The van der Waals surface area contributed by atoms with Crippen LogP contribution in [0.1, 0.15) is 27.2 Å². The Hall–Kier alpha value is -3.76. The Morgan fingerprint density at radius 2 is 1.50 bits per heavy atom. The van der Waals surface area contributed by atoms with Crippen molar-refractivity contribution in [2.24, 2.45) is 0 Å². The Morgan fingerprint density at radius 3 is 2.00 bits per heavy atom. The van der Waals surface area contributed by atoms with Crippen molar-refractivity contribution in [1.82, 2.24) is 0 Å². The predicted octanol–water partition coefficient (Wildman–Crippen LogP) is 1.63. The lowest BCUT2D eigenvalue weighted by molar-refractivity contribution is -0.384. The van der Waals surface area contributed by atoms with Gasteiger partial charge < -0.3 is 18.9 Å². The fraction of sp³-hybridized carbons (Fsp3) is 0.368. The van der Waals surface area contributed by atoms with Gasteiger partial charge in [0.2, 0.25) is 0 Å². The summed E-state index contributed by atoms with van der Waals surface area (Å²) in [5.41, 5.74) is -0.171. The lowest BCUT2D eigenvalue weighted by Crippen LogP contribution is -2.47. The number of nitro groups is 1. The topological polar surface area (TPSA) is 148 Å². The molecule has 0 N–H and O–H groups in total. The number of non-ortho nitro benzene ring substituents is 1. The van der Waals surface area contributed by atoms with E-state index in [0.29, 0.717) is 0 Å². The normalized spacial score (nSPS) is 20.4. The van der Waals surface area contributed by atoms with E-state index in [2.05, 4.69) is 0 Å². The summed E-state index contributed by atoms with van der Waals surface area (Å²) in [5.74, 6) is -2.90. The van der Waals surface area contributed by atoms with Crippen LogP contribution in [0.15, 0.2) is 35.9 Å². The molecule has 0 saturated carbocycles. The number of carbonyl (C=O) groups excluding carboxylic acids is 4. The molecule has 0 radical (unpaired) electrons. The summed E-state index contributed by atoms with van der Waals surface area (Å²) in [4.78, 5) is 57.0. The van der Waals surface area contributed by atoms with Gasteiger partial charge >= 0.3 is 23.9 Å². The number of nitrogens with zero attached hydrogens (tertiary/aromatic N) is 1. The third-order valence-electron chi connectivity index (χ3n) is 3.92. The van der Waals surface area contributed by atoms with E-state index in [0.717, 1.165) is 32.9 Å². The molecule has 0 fully saturated rings. The Kier molecular flexibility index (Phi) is 7.23. The van der Waals surface area contributed by atoms with Gasteiger partial charge in [-0.2, -0.15) is 0 Å². The molecule has 3 atom stereocenters. The highest BCUT2D eigenvalue weighted by atomic mass is 16.6. The summed E-state index contributed by atoms with van der Waals surface area (Å²) >= 11 is 0. The number of nitro benzene ring substituents is 1. The molecule has 0 bridgehead atoms. The van der Waals surface area contributed by atoms with Gasteiger partial charge in [-0.15, -0.1) is 0 Å². The molecule has 1 aliphatic carbocycles. The fourth-order valence-corrected chi connectivity index (χ4v) is 2.81. The van der Waals surface area contributed by atoms with E-state index >= 15 is 0 Å². The van der Waals surface area contributed by atoms with Crippen molar-refractivity contribution in [3.8, 4) is 5.75 Å². The first-order chi connectivity index (χ1) is 14.1. The van der Waals surface area contributed by atoms with Crippen LogP contribution < -0.4 is 4.74 Å². The third-order valence-corrected chi connectivity index (χ3v) is 3.92. The molecule has 0 heterocycles. The number of hydrogen-bond donors (Lipinski definition) is 0. The largest absolute Gasteiger partial charge is 0.458 e. The zero-order chi connectivity index (χ0) is 22.4. The molecule has 1 aliphatic rings. The van der Waals surface area contributed by atoms with Crippen LogP contribution in [0, 0.1) is 10.1 Å². The SMILES string of the molecule is CC(=O)O[C@@H]1[C@H](OC(C)=O)C=C(C(=O)Oc2ccc([N+](=O)[O-])cc2)C[C@H]1OC(C)=O. The van der Waals surface area contributed by atoms with Crippen LogP contribution in [0.2, 0.25) is 0 Å². The van der Waals surface area contributed by atoms with Crippen LogP contribution in [0.25, 0.3) is 0 Å². The molecular weight excluding hydrogens is 402 g/mol. The summed E-state index contributed by atoms with van der Waals surface area (Å²) in [7, 11) is 0. The first kappa shape index (κ1) is 22.5. The van der Waals surface area contributed by atoms with Crippen molar-refractivity contribution < 1.29 is 43.0 Å². The van der Waals surface area contributed by atoms with Crippen LogP contribution in [0.3, 0.4) is 0 Å². The molecule has 0 amide bonds. The average Bonchev–Trinajstić information content (AvgIpc) is 2.63. The minimum Gasteiger partial charge on any atom is -0.458 e. The molecular formula is C19H19NO10. The van der Waals surface area contributed by atoms with Crippen molar-refractivity contribution in [3.05, 3.63) is 46.0 Å². The highest BCUT2D eigenvalue weighted by Gasteiger charge is 2.42. The summed E-state index contributed by atoms with van der Waals surface area (Å²) in [6.45, 7) is 3.40. The van der Waals surface area contributed by atoms with E-state index in [1.165, 1.54) is 18.2 Å². The standard InChI is InChI=1S/C19H19NO10/c1-10(21)27-16-8-13(9-17(28-11(2)22)18(16)29-12(3)23)19(24)30-15-6-4-14(5-7-15)20(25)26/h4-8,16-18H,9H2,1-3H3/t16-,17-,18-/m1/s1. The molecule has 0 aromatic heterocycles. The summed E-state index contributed by atoms with van der Waals surface area (Å²) in [6, 6.07) is 4.82. The van der Waals surface area contributed by atoms with Crippen LogP contribution in [-0.2, 0) is 33.4 Å². The van der Waals surface area contributed by atoms with E-state index in [4.69, 9.17) is 18.9 Å². The Morgan fingerprint density at radius 1 is 0.933 bits per heavy atom. The molecule has 0 unspecified atom stereocenters. The molecule has 11 heteroatoms. The second-order valence-corrected chi connectivity index (χ2v) is 6.33. The number of carbonyl (C=O) groups is 4. The molecule has 160 valence electrons. The minimum absolute atomic E-state index is 0.00857. The van der Waals surface area contributed by atoms with Gasteiger partial charge in [0.15, 0.2) is 12.2 Å². The van der Waals surface area contributed by atoms with E-state index in [1.54, 1.807) is 0 Å². The van der Waals surface area contributed by atoms with E-state index in [9.17, 15) is 29.3 Å². The number of hydrogen-bond acceptors (Lipinski definition) is 10. The van der Waals surface area contributed by atoms with Crippen molar-refractivity contribution in [2.75, 3.05) is 0 Å². The molecule has 11 nitrogen and oxygen atoms in total. The van der Waals surface area contributed by atoms with E-state index in [-0.39, 0.29) is 23.4 Å². The minimum atomic E-state index is -1.19. The van der Waals surface area contributed by atoms with Gasteiger partial charge in [-0.05, 0) is 18.2 Å². The molecule has 30 heavy (non-hydrogen) atoms. The molecule has 0 saturated heterocycles. The fourth-order valence-electron chi connectivity index (χ4n) is 2.81. The van der Waals surface area contributed by atoms with E-state index < -0.39 is 47.1 Å². The Labute approximate surface area is 170 Å². The van der Waals surface area contributed by atoms with Crippen molar-refractivity contribution in [3.63, 3.8) is 0 Å². The highest BCUT2D eigenvalue weighted by molar-refractivity contribution is 5.91. The van der Waals surface area contributed by atoms with Crippen LogP contribution in [0.4, 0.5) is 5.69 Å².